The van der Waals surface area contributed by atoms with E-state index in [1.54, 1.807) is 25.1 Å². The zero-order valence-corrected chi connectivity index (χ0v) is 23.5. The first-order valence-electron chi connectivity index (χ1n) is 11.8. The maximum atomic E-state index is 13.6. The summed E-state index contributed by atoms with van der Waals surface area (Å²) in [6, 6.07) is 7.60. The number of pyridine rings is 1. The number of amides is 2. The highest BCUT2D eigenvalue weighted by molar-refractivity contribution is 7.92. The van der Waals surface area contributed by atoms with E-state index in [0.29, 0.717) is 10.6 Å². The van der Waals surface area contributed by atoms with Gasteiger partial charge in [-0.15, -0.1) is 5.10 Å². The number of ether oxygens (including phenoxy) is 1. The largest absolute Gasteiger partial charge is 0.471 e. The van der Waals surface area contributed by atoms with Crippen LogP contribution in [-0.2, 0) is 9.84 Å². The second kappa shape index (κ2) is 10.9. The van der Waals surface area contributed by atoms with Crippen LogP contribution in [0.3, 0.4) is 0 Å². The van der Waals surface area contributed by atoms with E-state index >= 15 is 0 Å². The van der Waals surface area contributed by atoms with Crippen molar-refractivity contribution in [2.45, 2.75) is 39.8 Å². The van der Waals surface area contributed by atoms with Gasteiger partial charge < -0.3 is 15.4 Å². The Morgan fingerprint density at radius 2 is 1.84 bits per heavy atom. The highest BCUT2D eigenvalue weighted by Gasteiger charge is 2.36. The topological polar surface area (TPSA) is 132 Å². The normalized spacial score (nSPS) is 15.6. The summed E-state index contributed by atoms with van der Waals surface area (Å²) in [6.45, 7) is 7.59. The summed E-state index contributed by atoms with van der Waals surface area (Å²) in [5.74, 6) is -0.874. The van der Waals surface area contributed by atoms with Crippen molar-refractivity contribution in [1.29, 1.82) is 0 Å². The quantitative estimate of drug-likeness (QED) is 0.410. The van der Waals surface area contributed by atoms with Crippen LogP contribution < -0.4 is 15.4 Å². The molecule has 1 saturated heterocycles. The lowest BCUT2D eigenvalue weighted by molar-refractivity contribution is 0.0931. The smallest absolute Gasteiger partial charge is 0.274 e. The van der Waals surface area contributed by atoms with Crippen LogP contribution in [-0.4, -0.2) is 58.6 Å². The number of hydrogen-bond acceptors (Lipinski definition) is 7. The molecule has 0 radical (unpaired) electrons. The first-order chi connectivity index (χ1) is 17.8. The average molecular weight is 580 g/mol. The minimum atomic E-state index is -3.13. The zero-order valence-electron chi connectivity index (χ0n) is 21.2. The number of rotatable bonds is 8. The fourth-order valence-electron chi connectivity index (χ4n) is 3.75. The number of nitrogens with one attached hydrogen (secondary N) is 2. The van der Waals surface area contributed by atoms with E-state index in [-0.39, 0.29) is 63.0 Å². The molecule has 2 N–H and O–H groups in total. The van der Waals surface area contributed by atoms with Crippen LogP contribution in [0, 0.1) is 12.8 Å². The van der Waals surface area contributed by atoms with Crippen molar-refractivity contribution in [2.75, 3.05) is 16.8 Å². The summed E-state index contributed by atoms with van der Waals surface area (Å²) >= 11 is 12.6. The summed E-state index contributed by atoms with van der Waals surface area (Å²) < 4.78 is 30.0. The van der Waals surface area contributed by atoms with Gasteiger partial charge in [0.05, 0.1) is 27.8 Å². The Labute approximate surface area is 230 Å². The number of carbonyl (C=O) groups excluding carboxylic acids is 2. The zero-order chi connectivity index (χ0) is 27.8. The molecule has 0 spiro atoms. The van der Waals surface area contributed by atoms with Gasteiger partial charge in [0.15, 0.2) is 15.7 Å². The van der Waals surface area contributed by atoms with Gasteiger partial charge in [0, 0.05) is 23.3 Å². The van der Waals surface area contributed by atoms with E-state index in [0.717, 1.165) is 0 Å². The van der Waals surface area contributed by atoms with Gasteiger partial charge in [-0.2, -0.15) is 0 Å². The SMILES string of the molecule is Cc1cc(Cl)cc(C(=O)NC(C)C(C)C)c1NC(=O)c1cc(OC2CS(=O)(=O)C2)nn1-c1ncccc1Cl. The van der Waals surface area contributed by atoms with Crippen molar-refractivity contribution in [2.24, 2.45) is 5.92 Å². The molecule has 0 saturated carbocycles. The van der Waals surface area contributed by atoms with Gasteiger partial charge in [0.1, 0.15) is 11.8 Å². The van der Waals surface area contributed by atoms with Gasteiger partial charge in [-0.3, -0.25) is 9.59 Å². The predicted molar refractivity (Wildman–Crippen MR) is 145 cm³/mol. The lowest BCUT2D eigenvalue weighted by Crippen LogP contribution is -2.45. The summed E-state index contributed by atoms with van der Waals surface area (Å²) in [4.78, 5) is 30.9. The molecule has 3 aromatic rings. The Balaban J connectivity index is 1.70. The van der Waals surface area contributed by atoms with Crippen LogP contribution in [0.15, 0.2) is 36.5 Å². The number of anilines is 1. The summed E-state index contributed by atoms with van der Waals surface area (Å²) in [5.41, 5.74) is 1.07. The predicted octanol–water partition coefficient (Wildman–Crippen LogP) is 4.08. The Morgan fingerprint density at radius 1 is 1.13 bits per heavy atom. The fourth-order valence-corrected chi connectivity index (χ4v) is 5.39. The number of hydrogen-bond donors (Lipinski definition) is 2. The van der Waals surface area contributed by atoms with Crippen LogP contribution in [0.1, 0.15) is 47.2 Å². The average Bonchev–Trinajstić information content (AvgIpc) is 3.23. The third-order valence-corrected chi connectivity index (χ3v) is 8.44. The van der Waals surface area contributed by atoms with Gasteiger partial charge in [0.25, 0.3) is 11.8 Å². The maximum absolute atomic E-state index is 13.6. The highest BCUT2D eigenvalue weighted by Crippen LogP contribution is 2.29. The maximum Gasteiger partial charge on any atom is 0.274 e. The van der Waals surface area contributed by atoms with E-state index in [9.17, 15) is 18.0 Å². The molecule has 38 heavy (non-hydrogen) atoms. The van der Waals surface area contributed by atoms with Crippen molar-refractivity contribution in [3.05, 3.63) is 63.4 Å². The molecular formula is C25H27Cl2N5O5S. The minimum absolute atomic E-state index is 0.0130. The summed E-state index contributed by atoms with van der Waals surface area (Å²) in [7, 11) is -3.13. The molecule has 202 valence electrons. The fraction of sp³-hybridized carbons (Fsp3) is 0.360. The van der Waals surface area contributed by atoms with Crippen LogP contribution >= 0.6 is 23.2 Å². The Morgan fingerprint density at radius 3 is 2.47 bits per heavy atom. The van der Waals surface area contributed by atoms with E-state index in [1.807, 2.05) is 20.8 Å². The molecule has 2 amide bonds. The van der Waals surface area contributed by atoms with E-state index in [2.05, 4.69) is 20.7 Å². The number of halogens is 2. The van der Waals surface area contributed by atoms with Crippen molar-refractivity contribution >= 4 is 50.5 Å². The van der Waals surface area contributed by atoms with Crippen LogP contribution in [0.5, 0.6) is 5.88 Å². The Hall–Kier alpha value is -3.15. The molecule has 1 fully saturated rings. The van der Waals surface area contributed by atoms with E-state index in [4.69, 9.17) is 27.9 Å². The molecule has 1 aliphatic heterocycles. The van der Waals surface area contributed by atoms with Crippen LogP contribution in [0.25, 0.3) is 5.82 Å². The molecule has 3 heterocycles. The number of benzene rings is 1. The lowest BCUT2D eigenvalue weighted by atomic mass is 10.0. The number of nitrogens with zero attached hydrogens (tertiary/aromatic N) is 3. The molecule has 2 aromatic heterocycles. The van der Waals surface area contributed by atoms with Gasteiger partial charge >= 0.3 is 0 Å². The van der Waals surface area contributed by atoms with Gasteiger partial charge in [-0.25, -0.2) is 18.1 Å². The molecule has 1 unspecified atom stereocenters. The van der Waals surface area contributed by atoms with E-state index in [1.165, 1.54) is 23.0 Å². The second-order valence-electron chi connectivity index (χ2n) is 9.51. The molecule has 1 aliphatic rings. The number of aromatic nitrogens is 3. The van der Waals surface area contributed by atoms with Gasteiger partial charge in [-0.1, -0.05) is 37.0 Å². The first-order valence-corrected chi connectivity index (χ1v) is 14.4. The monoisotopic (exact) mass is 579 g/mol. The third kappa shape index (κ3) is 6.11. The third-order valence-electron chi connectivity index (χ3n) is 6.17. The van der Waals surface area contributed by atoms with Crippen molar-refractivity contribution in [3.63, 3.8) is 0 Å². The molecule has 1 aromatic carbocycles. The second-order valence-corrected chi connectivity index (χ2v) is 12.5. The van der Waals surface area contributed by atoms with Gasteiger partial charge in [-0.05, 0) is 49.6 Å². The summed E-state index contributed by atoms with van der Waals surface area (Å²) in [6.07, 6.45) is 0.917. The first kappa shape index (κ1) is 27.9. The van der Waals surface area contributed by atoms with Crippen molar-refractivity contribution < 1.29 is 22.7 Å². The van der Waals surface area contributed by atoms with Gasteiger partial charge in [0.2, 0.25) is 5.88 Å². The summed E-state index contributed by atoms with van der Waals surface area (Å²) in [5, 5.41) is 10.6. The van der Waals surface area contributed by atoms with Crippen molar-refractivity contribution in [3.8, 4) is 11.7 Å². The Kier molecular flexibility index (Phi) is 8.01. The molecule has 10 nitrogen and oxygen atoms in total. The molecular weight excluding hydrogens is 553 g/mol. The van der Waals surface area contributed by atoms with Crippen molar-refractivity contribution in [1.82, 2.24) is 20.1 Å². The van der Waals surface area contributed by atoms with E-state index < -0.39 is 21.8 Å². The number of sulfone groups is 1. The highest BCUT2D eigenvalue weighted by atomic mass is 35.5. The molecule has 0 aliphatic carbocycles. The molecule has 13 heteroatoms. The number of aryl methyl sites for hydroxylation is 1. The lowest BCUT2D eigenvalue weighted by Gasteiger charge is -2.25. The van der Waals surface area contributed by atoms with Crippen LogP contribution in [0.2, 0.25) is 10.0 Å². The Bertz CT molecular complexity index is 1490. The number of carbonyl (C=O) groups is 2. The molecule has 4 rings (SSSR count). The minimum Gasteiger partial charge on any atom is -0.471 e. The van der Waals surface area contributed by atoms with Crippen LogP contribution in [0.4, 0.5) is 5.69 Å². The molecule has 1 atom stereocenters. The standard InChI is InChI=1S/C25H27Cl2N5O5S/c1-13(2)15(4)29-24(33)18-9-16(26)8-14(3)22(18)30-25(34)20-10-21(37-17-11-38(35,36)12-17)31-32(20)23-19(27)6-5-7-28-23/h5-10,13,15,17H,11-12H2,1-4H3,(H,29,33)(H,30,34). The molecule has 0 bridgehead atoms.